The summed E-state index contributed by atoms with van der Waals surface area (Å²) in [6, 6.07) is 27.8. The van der Waals surface area contributed by atoms with Crippen molar-refractivity contribution in [3.8, 4) is 0 Å². The van der Waals surface area contributed by atoms with Gasteiger partial charge in [0.15, 0.2) is 5.13 Å². The summed E-state index contributed by atoms with van der Waals surface area (Å²) in [5.74, 6) is -0.761. The number of hydrogen-bond acceptors (Lipinski definition) is 7. The number of anilines is 1. The Morgan fingerprint density at radius 2 is 1.56 bits per heavy atom. The maximum Gasteiger partial charge on any atom is 0.255 e. The van der Waals surface area contributed by atoms with E-state index in [-0.39, 0.29) is 44.0 Å². The van der Waals surface area contributed by atoms with Gasteiger partial charge in [-0.2, -0.15) is 0 Å². The van der Waals surface area contributed by atoms with Gasteiger partial charge in [-0.05, 0) is 23.3 Å². The number of carbonyl (C=O) groups is 3. The van der Waals surface area contributed by atoms with Gasteiger partial charge in [0.25, 0.3) is 5.91 Å². The van der Waals surface area contributed by atoms with Crippen molar-refractivity contribution in [3.63, 3.8) is 0 Å². The van der Waals surface area contributed by atoms with Crippen LogP contribution in [0.2, 0.25) is 5.02 Å². The van der Waals surface area contributed by atoms with Crippen LogP contribution in [0.3, 0.4) is 0 Å². The van der Waals surface area contributed by atoms with Gasteiger partial charge in [0, 0.05) is 45.2 Å². The number of thiazole rings is 1. The molecule has 1 fully saturated rings. The first-order chi connectivity index (χ1) is 21.9. The van der Waals surface area contributed by atoms with Gasteiger partial charge >= 0.3 is 0 Å². The van der Waals surface area contributed by atoms with Gasteiger partial charge in [-0.3, -0.25) is 19.3 Å². The highest BCUT2D eigenvalue weighted by molar-refractivity contribution is 7.13. The topological polar surface area (TPSA) is 95.1 Å². The quantitative estimate of drug-likeness (QED) is 0.233. The van der Waals surface area contributed by atoms with Crippen LogP contribution in [-0.2, 0) is 20.7 Å². The van der Waals surface area contributed by atoms with Crippen molar-refractivity contribution in [1.29, 1.82) is 0 Å². The molecule has 0 atom stereocenters. The molecule has 9 nitrogen and oxygen atoms in total. The summed E-state index contributed by atoms with van der Waals surface area (Å²) >= 11 is 7.46. The Hall–Kier alpha value is -4.09. The number of methoxy groups -OCH3 is 1. The number of rotatable bonds is 12. The smallest absolute Gasteiger partial charge is 0.255 e. The number of nitrogens with one attached hydrogen (secondary N) is 1. The second kappa shape index (κ2) is 15.8. The molecule has 2 heterocycles. The number of amides is 3. The SMILES string of the molecule is COCCN(CC(=O)Nc1nc(CC(=O)N2CCN(C(c3ccccc3)c3ccccc3)CC2)cs1)C(=O)c1ccccc1Cl. The first kappa shape index (κ1) is 32.3. The molecule has 0 bridgehead atoms. The number of hydrogen-bond donors (Lipinski definition) is 1. The van der Waals surface area contributed by atoms with Crippen LogP contribution in [-0.4, -0.2) is 90.4 Å². The zero-order valence-corrected chi connectivity index (χ0v) is 26.7. The molecule has 0 unspecified atom stereocenters. The lowest BCUT2D eigenvalue weighted by Crippen LogP contribution is -2.50. The van der Waals surface area contributed by atoms with Crippen LogP contribution in [0.4, 0.5) is 5.13 Å². The van der Waals surface area contributed by atoms with Crippen molar-refractivity contribution >= 4 is 45.8 Å². The number of benzene rings is 3. The third kappa shape index (κ3) is 8.55. The molecule has 0 aliphatic carbocycles. The normalized spacial score (nSPS) is 13.5. The Labute approximate surface area is 272 Å². The molecule has 0 saturated carbocycles. The van der Waals surface area contributed by atoms with E-state index in [1.54, 1.807) is 29.6 Å². The molecule has 1 aliphatic rings. The van der Waals surface area contributed by atoms with Crippen LogP contribution in [0.5, 0.6) is 0 Å². The number of nitrogens with zero attached hydrogens (tertiary/aromatic N) is 4. The second-order valence-corrected chi connectivity index (χ2v) is 12.0. The summed E-state index contributed by atoms with van der Waals surface area (Å²) in [4.78, 5) is 49.4. The molecule has 45 heavy (non-hydrogen) atoms. The largest absolute Gasteiger partial charge is 0.383 e. The number of halogens is 1. The lowest BCUT2D eigenvalue weighted by molar-refractivity contribution is -0.132. The third-order valence-electron chi connectivity index (χ3n) is 7.68. The summed E-state index contributed by atoms with van der Waals surface area (Å²) in [6.45, 7) is 3.05. The van der Waals surface area contributed by atoms with Crippen LogP contribution < -0.4 is 5.32 Å². The van der Waals surface area contributed by atoms with Crippen molar-refractivity contribution in [3.05, 3.63) is 118 Å². The number of aromatic nitrogens is 1. The van der Waals surface area contributed by atoms with E-state index in [0.717, 1.165) is 13.1 Å². The summed E-state index contributed by atoms with van der Waals surface area (Å²) in [5, 5.41) is 5.23. The van der Waals surface area contributed by atoms with Crippen molar-refractivity contribution < 1.29 is 19.1 Å². The zero-order chi connectivity index (χ0) is 31.6. The summed E-state index contributed by atoms with van der Waals surface area (Å²) in [5.41, 5.74) is 3.37. The molecule has 1 N–H and O–H groups in total. The Bertz CT molecular complexity index is 1540. The van der Waals surface area contributed by atoms with Crippen molar-refractivity contribution in [2.24, 2.45) is 0 Å². The second-order valence-electron chi connectivity index (χ2n) is 10.7. The molecule has 234 valence electrons. The van der Waals surface area contributed by atoms with Gasteiger partial charge in [0.1, 0.15) is 6.54 Å². The van der Waals surface area contributed by atoms with E-state index in [0.29, 0.717) is 34.5 Å². The third-order valence-corrected chi connectivity index (χ3v) is 8.82. The van der Waals surface area contributed by atoms with E-state index < -0.39 is 5.91 Å². The van der Waals surface area contributed by atoms with E-state index in [9.17, 15) is 14.4 Å². The van der Waals surface area contributed by atoms with E-state index in [2.05, 4.69) is 63.7 Å². The molecule has 11 heteroatoms. The number of piperazine rings is 1. The molecule has 3 aromatic carbocycles. The molecule has 0 radical (unpaired) electrons. The molecule has 1 aliphatic heterocycles. The van der Waals surface area contributed by atoms with Crippen molar-refractivity contribution in [2.75, 3.05) is 58.3 Å². The lowest BCUT2D eigenvalue weighted by Gasteiger charge is -2.39. The van der Waals surface area contributed by atoms with Crippen molar-refractivity contribution in [1.82, 2.24) is 19.7 Å². The molecular formula is C34H36ClN5O4S. The lowest BCUT2D eigenvalue weighted by atomic mass is 9.96. The molecule has 1 aromatic heterocycles. The number of carbonyl (C=O) groups excluding carboxylic acids is 3. The van der Waals surface area contributed by atoms with E-state index in [4.69, 9.17) is 16.3 Å². The molecule has 3 amide bonds. The Balaban J connectivity index is 1.15. The van der Waals surface area contributed by atoms with Crippen LogP contribution in [0.25, 0.3) is 0 Å². The monoisotopic (exact) mass is 645 g/mol. The van der Waals surface area contributed by atoms with Gasteiger partial charge in [0.2, 0.25) is 11.8 Å². The van der Waals surface area contributed by atoms with Gasteiger partial charge in [-0.1, -0.05) is 84.4 Å². The fourth-order valence-electron chi connectivity index (χ4n) is 5.42. The summed E-state index contributed by atoms with van der Waals surface area (Å²) in [6.07, 6.45) is 0.151. The first-order valence-electron chi connectivity index (χ1n) is 14.8. The highest BCUT2D eigenvalue weighted by atomic mass is 35.5. The van der Waals surface area contributed by atoms with Gasteiger partial charge in [0.05, 0.1) is 35.3 Å². The van der Waals surface area contributed by atoms with Crippen LogP contribution in [0.15, 0.2) is 90.3 Å². The van der Waals surface area contributed by atoms with E-state index >= 15 is 0 Å². The molecule has 0 spiro atoms. The summed E-state index contributed by atoms with van der Waals surface area (Å²) in [7, 11) is 1.53. The molecule has 5 rings (SSSR count). The number of ether oxygens (including phenoxy) is 1. The fourth-order valence-corrected chi connectivity index (χ4v) is 6.36. The highest BCUT2D eigenvalue weighted by Gasteiger charge is 2.28. The Morgan fingerprint density at radius 1 is 0.933 bits per heavy atom. The van der Waals surface area contributed by atoms with Gasteiger partial charge < -0.3 is 19.9 Å². The fraction of sp³-hybridized carbons (Fsp3) is 0.294. The standard InChI is InChI=1S/C34H36ClN5O4S/c1-44-21-20-40(33(43)28-14-8-9-15-29(28)35)23-30(41)37-34-36-27(24-45-34)22-31(42)38-16-18-39(19-17-38)32(25-10-4-2-5-11-25)26-12-6-3-7-13-26/h2-15,24,32H,16-23H2,1H3,(H,36,37,41). The van der Waals surface area contributed by atoms with Crippen molar-refractivity contribution in [2.45, 2.75) is 12.5 Å². The van der Waals surface area contributed by atoms with Gasteiger partial charge in [-0.15, -0.1) is 11.3 Å². The Kier molecular flexibility index (Phi) is 11.3. The van der Waals surface area contributed by atoms with Gasteiger partial charge in [-0.25, -0.2) is 4.98 Å². The van der Waals surface area contributed by atoms with E-state index in [1.165, 1.54) is 34.5 Å². The summed E-state index contributed by atoms with van der Waals surface area (Å²) < 4.78 is 5.13. The minimum atomic E-state index is -0.402. The average molecular weight is 646 g/mol. The maximum atomic E-state index is 13.2. The van der Waals surface area contributed by atoms with Crippen LogP contribution in [0.1, 0.15) is 33.2 Å². The highest BCUT2D eigenvalue weighted by Crippen LogP contribution is 2.29. The minimum absolute atomic E-state index is 0.00451. The predicted octanol–water partition coefficient (Wildman–Crippen LogP) is 5.00. The minimum Gasteiger partial charge on any atom is -0.383 e. The average Bonchev–Trinajstić information content (AvgIpc) is 3.50. The molecule has 1 saturated heterocycles. The molecule has 4 aromatic rings. The van der Waals surface area contributed by atoms with Crippen LogP contribution >= 0.6 is 22.9 Å². The van der Waals surface area contributed by atoms with E-state index in [1.807, 2.05) is 17.0 Å². The maximum absolute atomic E-state index is 13.2. The predicted molar refractivity (Wildman–Crippen MR) is 177 cm³/mol. The molecular weight excluding hydrogens is 610 g/mol. The first-order valence-corrected chi connectivity index (χ1v) is 16.1. The zero-order valence-electron chi connectivity index (χ0n) is 25.1. The Morgan fingerprint density at radius 3 is 2.18 bits per heavy atom. The van der Waals surface area contributed by atoms with Crippen LogP contribution in [0, 0.1) is 0 Å².